The van der Waals surface area contributed by atoms with Gasteiger partial charge in [-0.05, 0) is 37.6 Å². The molecule has 0 radical (unpaired) electrons. The van der Waals surface area contributed by atoms with Gasteiger partial charge in [-0.3, -0.25) is 19.4 Å². The van der Waals surface area contributed by atoms with E-state index in [2.05, 4.69) is 5.32 Å². The molecular weight excluding hydrogens is 390 g/mol. The van der Waals surface area contributed by atoms with Crippen LogP contribution in [0.15, 0.2) is 78.9 Å². The molecule has 156 valence electrons. The van der Waals surface area contributed by atoms with Crippen LogP contribution in [0.1, 0.15) is 12.5 Å². The van der Waals surface area contributed by atoms with Crippen LogP contribution in [0.25, 0.3) is 11.1 Å². The lowest BCUT2D eigenvalue weighted by molar-refractivity contribution is -0.130. The monoisotopic (exact) mass is 413 g/mol. The van der Waals surface area contributed by atoms with Crippen LogP contribution in [0.3, 0.4) is 0 Å². The molecule has 6 nitrogen and oxygen atoms in total. The average Bonchev–Trinajstić information content (AvgIpc) is 2.98. The van der Waals surface area contributed by atoms with Crippen molar-refractivity contribution in [2.24, 2.45) is 0 Å². The molecule has 3 aromatic carbocycles. The van der Waals surface area contributed by atoms with Crippen molar-refractivity contribution in [1.82, 2.24) is 4.90 Å². The third kappa shape index (κ3) is 4.05. The Kier molecular flexibility index (Phi) is 5.54. The molecule has 1 heterocycles. The number of carbonyl (C=O) groups excluding carboxylic acids is 3. The molecule has 0 spiro atoms. The summed E-state index contributed by atoms with van der Waals surface area (Å²) in [5, 5.41) is 2.85. The fraction of sp³-hybridized carbons (Fsp3) is 0.160. The summed E-state index contributed by atoms with van der Waals surface area (Å²) < 4.78 is 0. The van der Waals surface area contributed by atoms with Crippen LogP contribution >= 0.6 is 0 Å². The summed E-state index contributed by atoms with van der Waals surface area (Å²) >= 11 is 0. The van der Waals surface area contributed by atoms with E-state index in [0.717, 1.165) is 21.6 Å². The van der Waals surface area contributed by atoms with Crippen LogP contribution in [-0.4, -0.2) is 35.3 Å². The number of urea groups is 1. The Bertz CT molecular complexity index is 1130. The molecule has 31 heavy (non-hydrogen) atoms. The molecule has 0 unspecified atom stereocenters. The van der Waals surface area contributed by atoms with E-state index < -0.39 is 23.9 Å². The maximum Gasteiger partial charge on any atom is 0.332 e. The highest BCUT2D eigenvalue weighted by Gasteiger charge is 2.44. The van der Waals surface area contributed by atoms with Gasteiger partial charge in [0.1, 0.15) is 12.6 Å². The largest absolute Gasteiger partial charge is 0.332 e. The summed E-state index contributed by atoms with van der Waals surface area (Å²) in [6.07, 6.45) is 0. The second-order valence-corrected chi connectivity index (χ2v) is 7.55. The zero-order valence-corrected chi connectivity index (χ0v) is 17.4. The first-order valence-corrected chi connectivity index (χ1v) is 10.1. The summed E-state index contributed by atoms with van der Waals surface area (Å²) in [7, 11) is 0. The smallest absolute Gasteiger partial charge is 0.324 e. The maximum absolute atomic E-state index is 12.9. The van der Waals surface area contributed by atoms with Crippen LogP contribution in [0.4, 0.5) is 16.2 Å². The van der Waals surface area contributed by atoms with E-state index in [1.165, 1.54) is 4.90 Å². The number of para-hydroxylation sites is 1. The molecule has 0 aromatic heterocycles. The van der Waals surface area contributed by atoms with Crippen molar-refractivity contribution < 1.29 is 14.4 Å². The summed E-state index contributed by atoms with van der Waals surface area (Å²) in [5.74, 6) is -0.819. The number of nitrogens with zero attached hydrogens (tertiary/aromatic N) is 2. The fourth-order valence-electron chi connectivity index (χ4n) is 3.71. The van der Waals surface area contributed by atoms with E-state index in [0.29, 0.717) is 11.4 Å². The zero-order chi connectivity index (χ0) is 22.0. The van der Waals surface area contributed by atoms with E-state index >= 15 is 0 Å². The van der Waals surface area contributed by atoms with Crippen LogP contribution in [0, 0.1) is 6.92 Å². The van der Waals surface area contributed by atoms with E-state index in [4.69, 9.17) is 0 Å². The molecule has 1 aliphatic heterocycles. The van der Waals surface area contributed by atoms with Gasteiger partial charge in [0.2, 0.25) is 5.91 Å². The molecule has 0 aliphatic carbocycles. The number of imide groups is 1. The van der Waals surface area contributed by atoms with Gasteiger partial charge in [0.25, 0.3) is 5.91 Å². The molecule has 0 saturated carbocycles. The molecule has 1 fully saturated rings. The Morgan fingerprint density at radius 1 is 0.903 bits per heavy atom. The number of rotatable bonds is 5. The Labute approximate surface area is 181 Å². The minimum absolute atomic E-state index is 0.340. The number of hydrogen-bond donors (Lipinski definition) is 1. The molecule has 1 N–H and O–H groups in total. The summed E-state index contributed by atoms with van der Waals surface area (Å²) in [4.78, 5) is 40.9. The van der Waals surface area contributed by atoms with Gasteiger partial charge in [0.05, 0.1) is 0 Å². The van der Waals surface area contributed by atoms with Crippen molar-refractivity contribution >= 4 is 29.2 Å². The Morgan fingerprint density at radius 2 is 1.55 bits per heavy atom. The molecule has 0 bridgehead atoms. The molecule has 4 amide bonds. The predicted molar refractivity (Wildman–Crippen MR) is 121 cm³/mol. The molecule has 4 rings (SSSR count). The quantitative estimate of drug-likeness (QED) is 0.628. The minimum atomic E-state index is -0.667. The van der Waals surface area contributed by atoms with Crippen LogP contribution in [0.2, 0.25) is 0 Å². The van der Waals surface area contributed by atoms with E-state index in [1.54, 1.807) is 25.1 Å². The number of carbonyl (C=O) groups is 3. The predicted octanol–water partition coefficient (Wildman–Crippen LogP) is 4.46. The van der Waals surface area contributed by atoms with Crippen molar-refractivity contribution in [3.05, 3.63) is 84.4 Å². The van der Waals surface area contributed by atoms with Crippen molar-refractivity contribution in [3.63, 3.8) is 0 Å². The van der Waals surface area contributed by atoms with Crippen molar-refractivity contribution in [1.29, 1.82) is 0 Å². The Balaban J connectivity index is 1.51. The van der Waals surface area contributed by atoms with Crippen molar-refractivity contribution in [2.45, 2.75) is 19.9 Å². The number of anilines is 2. The van der Waals surface area contributed by atoms with E-state index in [-0.39, 0.29) is 6.54 Å². The van der Waals surface area contributed by atoms with Gasteiger partial charge >= 0.3 is 6.03 Å². The normalized spacial score (nSPS) is 16.0. The Hall–Kier alpha value is -3.93. The molecule has 1 atom stereocenters. The van der Waals surface area contributed by atoms with E-state index in [9.17, 15) is 14.4 Å². The van der Waals surface area contributed by atoms with Gasteiger partial charge < -0.3 is 5.32 Å². The molecule has 1 saturated heterocycles. The third-order valence-corrected chi connectivity index (χ3v) is 5.35. The number of benzene rings is 3. The number of aryl methyl sites for hydroxylation is 1. The highest BCUT2D eigenvalue weighted by atomic mass is 16.2. The molecule has 1 aliphatic rings. The third-order valence-electron chi connectivity index (χ3n) is 5.35. The summed E-state index contributed by atoms with van der Waals surface area (Å²) in [5.41, 5.74) is 4.15. The van der Waals surface area contributed by atoms with Crippen molar-refractivity contribution in [3.8, 4) is 11.1 Å². The highest BCUT2D eigenvalue weighted by Crippen LogP contribution is 2.28. The summed E-state index contributed by atoms with van der Waals surface area (Å²) in [6, 6.07) is 23.4. The van der Waals surface area contributed by atoms with Gasteiger partial charge in [-0.25, -0.2) is 4.79 Å². The van der Waals surface area contributed by atoms with Gasteiger partial charge in [0.15, 0.2) is 0 Å². The lowest BCUT2D eigenvalue weighted by Crippen LogP contribution is -2.39. The second-order valence-electron chi connectivity index (χ2n) is 7.55. The van der Waals surface area contributed by atoms with Crippen LogP contribution in [-0.2, 0) is 9.59 Å². The second kappa shape index (κ2) is 8.44. The lowest BCUT2D eigenvalue weighted by atomic mass is 10.0. The minimum Gasteiger partial charge on any atom is -0.324 e. The zero-order valence-electron chi connectivity index (χ0n) is 17.4. The van der Waals surface area contributed by atoms with Gasteiger partial charge in [0, 0.05) is 16.9 Å². The van der Waals surface area contributed by atoms with Crippen LogP contribution in [0.5, 0.6) is 0 Å². The highest BCUT2D eigenvalue weighted by molar-refractivity contribution is 6.16. The average molecular weight is 413 g/mol. The lowest BCUT2D eigenvalue weighted by Gasteiger charge is -2.19. The summed E-state index contributed by atoms with van der Waals surface area (Å²) in [6.45, 7) is 3.28. The first-order valence-electron chi connectivity index (χ1n) is 10.1. The van der Waals surface area contributed by atoms with Crippen molar-refractivity contribution in [2.75, 3.05) is 16.8 Å². The first-order chi connectivity index (χ1) is 15.0. The molecule has 6 heteroatoms. The molecular formula is C25H23N3O3. The Morgan fingerprint density at radius 3 is 2.26 bits per heavy atom. The number of amides is 4. The van der Waals surface area contributed by atoms with E-state index in [1.807, 2.05) is 67.6 Å². The fourth-order valence-corrected chi connectivity index (χ4v) is 3.71. The topological polar surface area (TPSA) is 69.7 Å². The number of nitrogens with one attached hydrogen (secondary N) is 1. The van der Waals surface area contributed by atoms with Gasteiger partial charge in [-0.2, -0.15) is 0 Å². The molecule has 3 aromatic rings. The standard InChI is InChI=1S/C25H23N3O3/c1-17-12-14-20(15-13-17)28-18(2)24(30)27(25(28)31)16-23(29)26-22-11-7-6-10-21(22)19-8-4-3-5-9-19/h3-15,18H,16H2,1-2H3,(H,26,29)/t18-/m1/s1. The van der Waals surface area contributed by atoms with Gasteiger partial charge in [-0.15, -0.1) is 0 Å². The van der Waals surface area contributed by atoms with Gasteiger partial charge in [-0.1, -0.05) is 66.2 Å². The first kappa shape index (κ1) is 20.3. The number of hydrogen-bond acceptors (Lipinski definition) is 3. The maximum atomic E-state index is 12.9. The van der Waals surface area contributed by atoms with Crippen LogP contribution < -0.4 is 10.2 Å². The SMILES string of the molecule is Cc1ccc(N2C(=O)N(CC(=O)Nc3ccccc3-c3ccccc3)C(=O)[C@H]2C)cc1.